The van der Waals surface area contributed by atoms with Crippen LogP contribution in [-0.2, 0) is 10.9 Å². The third kappa shape index (κ3) is 2.98. The van der Waals surface area contributed by atoms with Crippen LogP contribution in [-0.4, -0.2) is 25.2 Å². The molecule has 0 unspecified atom stereocenters. The molecule has 0 spiro atoms. The highest BCUT2D eigenvalue weighted by Gasteiger charge is 2.41. The maximum Gasteiger partial charge on any atom is 0.421 e. The number of carbonyl (C=O) groups excluding carboxylic acids is 1. The molecule has 112 valence electrons. The number of nitrogens with zero attached hydrogens (tertiary/aromatic N) is 1. The van der Waals surface area contributed by atoms with Gasteiger partial charge >= 0.3 is 12.1 Å². The second-order valence-corrected chi connectivity index (χ2v) is 4.59. The average molecular weight is 312 g/mol. The summed E-state index contributed by atoms with van der Waals surface area (Å²) in [5, 5.41) is -0.518. The lowest BCUT2D eigenvalue weighted by molar-refractivity contribution is -0.139. The fraction of sp³-hybridized carbons (Fsp3) is 0.500. The Hall–Kier alpha value is -1.50. The number of hydrogen-bond acceptors (Lipinski definition) is 4. The van der Waals surface area contributed by atoms with Crippen molar-refractivity contribution < 1.29 is 27.4 Å². The minimum absolute atomic E-state index is 0.320. The molecule has 1 aromatic rings. The van der Waals surface area contributed by atoms with E-state index in [1.165, 1.54) is 13.8 Å². The van der Waals surface area contributed by atoms with Crippen molar-refractivity contribution in [2.45, 2.75) is 25.9 Å². The van der Waals surface area contributed by atoms with Crippen LogP contribution in [0.3, 0.4) is 0 Å². The number of hydrogen-bond donors (Lipinski definition) is 0. The molecule has 0 amide bonds. The zero-order valence-electron chi connectivity index (χ0n) is 11.3. The van der Waals surface area contributed by atoms with Crippen molar-refractivity contribution in [1.29, 1.82) is 0 Å². The number of ether oxygens (including phenoxy) is 2. The van der Waals surface area contributed by atoms with Crippen LogP contribution in [0.25, 0.3) is 0 Å². The molecule has 1 heterocycles. The van der Waals surface area contributed by atoms with E-state index in [-0.39, 0.29) is 5.69 Å². The molecule has 1 aromatic heterocycles. The Balaban J connectivity index is 3.77. The quantitative estimate of drug-likeness (QED) is 0.799. The van der Waals surface area contributed by atoms with Crippen LogP contribution in [0.4, 0.5) is 13.2 Å². The van der Waals surface area contributed by atoms with E-state index in [1.807, 2.05) is 0 Å². The lowest BCUT2D eigenvalue weighted by atomic mass is 10.0. The van der Waals surface area contributed by atoms with Gasteiger partial charge in [0.2, 0.25) is 0 Å². The molecule has 0 N–H and O–H groups in total. The van der Waals surface area contributed by atoms with Crippen LogP contribution in [0.5, 0.6) is 5.75 Å². The van der Waals surface area contributed by atoms with Gasteiger partial charge in [0.1, 0.15) is 10.6 Å². The summed E-state index contributed by atoms with van der Waals surface area (Å²) in [6.45, 7) is 3.04. The van der Waals surface area contributed by atoms with Crippen LogP contribution < -0.4 is 4.74 Å². The number of aromatic nitrogens is 1. The van der Waals surface area contributed by atoms with Gasteiger partial charge in [-0.15, -0.1) is 0 Å². The van der Waals surface area contributed by atoms with Gasteiger partial charge < -0.3 is 9.47 Å². The first-order valence-electron chi connectivity index (χ1n) is 5.58. The number of pyridine rings is 1. The van der Waals surface area contributed by atoms with Crippen molar-refractivity contribution in [1.82, 2.24) is 4.98 Å². The van der Waals surface area contributed by atoms with E-state index in [9.17, 15) is 18.0 Å². The number of esters is 1. The second kappa shape index (κ2) is 5.87. The van der Waals surface area contributed by atoms with E-state index in [1.54, 1.807) is 0 Å². The fourth-order valence-corrected chi connectivity index (χ4v) is 1.97. The molecule has 1 rings (SSSR count). The molecule has 0 aliphatic heterocycles. The highest BCUT2D eigenvalue weighted by molar-refractivity contribution is 6.34. The lowest BCUT2D eigenvalue weighted by Crippen LogP contribution is -2.18. The van der Waals surface area contributed by atoms with E-state index in [0.29, 0.717) is 0 Å². The number of methoxy groups -OCH3 is 2. The third-order valence-corrected chi connectivity index (χ3v) is 2.89. The Morgan fingerprint density at radius 3 is 2.20 bits per heavy atom. The molecule has 0 aromatic carbocycles. The summed E-state index contributed by atoms with van der Waals surface area (Å²) in [6.07, 6.45) is -4.70. The summed E-state index contributed by atoms with van der Waals surface area (Å²) < 4.78 is 48.7. The predicted molar refractivity (Wildman–Crippen MR) is 66.2 cm³/mol. The molecule has 0 bridgehead atoms. The maximum absolute atomic E-state index is 13.2. The molecule has 4 nitrogen and oxygen atoms in total. The molecule has 0 atom stereocenters. The summed E-state index contributed by atoms with van der Waals surface area (Å²) in [5.74, 6) is -2.14. The third-order valence-electron chi connectivity index (χ3n) is 2.54. The monoisotopic (exact) mass is 311 g/mol. The van der Waals surface area contributed by atoms with Crippen LogP contribution in [0.15, 0.2) is 0 Å². The maximum atomic E-state index is 13.2. The Kier molecular flexibility index (Phi) is 4.86. The first kappa shape index (κ1) is 16.6. The molecular weight excluding hydrogens is 299 g/mol. The predicted octanol–water partition coefficient (Wildman–Crippen LogP) is 3.67. The van der Waals surface area contributed by atoms with Crippen LogP contribution in [0.1, 0.15) is 41.5 Å². The van der Waals surface area contributed by atoms with Crippen LogP contribution in [0, 0.1) is 0 Å². The number of rotatable bonds is 3. The van der Waals surface area contributed by atoms with Crippen LogP contribution >= 0.6 is 11.6 Å². The van der Waals surface area contributed by atoms with Gasteiger partial charge in [-0.3, -0.25) is 0 Å². The molecule has 0 aliphatic rings. The molecule has 0 fully saturated rings. The number of carbonyl (C=O) groups is 1. The van der Waals surface area contributed by atoms with Crippen molar-refractivity contribution in [3.8, 4) is 5.75 Å². The van der Waals surface area contributed by atoms with Crippen molar-refractivity contribution >= 4 is 17.6 Å². The molecule has 20 heavy (non-hydrogen) atoms. The molecule has 0 saturated heterocycles. The number of alkyl halides is 3. The summed E-state index contributed by atoms with van der Waals surface area (Å²) in [5.41, 5.74) is -1.80. The summed E-state index contributed by atoms with van der Waals surface area (Å²) in [7, 11) is 2.13. The summed E-state index contributed by atoms with van der Waals surface area (Å²) in [4.78, 5) is 15.2. The Morgan fingerprint density at radius 1 is 1.30 bits per heavy atom. The van der Waals surface area contributed by atoms with Crippen LogP contribution in [0.2, 0.25) is 5.02 Å². The van der Waals surface area contributed by atoms with Gasteiger partial charge in [-0.1, -0.05) is 25.4 Å². The summed E-state index contributed by atoms with van der Waals surface area (Å²) in [6, 6.07) is 0. The van der Waals surface area contributed by atoms with Gasteiger partial charge in [0.05, 0.1) is 19.9 Å². The van der Waals surface area contributed by atoms with Crippen molar-refractivity contribution in [2.24, 2.45) is 0 Å². The Bertz CT molecular complexity index is 530. The van der Waals surface area contributed by atoms with Gasteiger partial charge in [0.25, 0.3) is 0 Å². The van der Waals surface area contributed by atoms with Crippen molar-refractivity contribution in [3.63, 3.8) is 0 Å². The second-order valence-electron chi connectivity index (χ2n) is 4.21. The fourth-order valence-electron chi connectivity index (χ4n) is 1.67. The minimum atomic E-state index is -4.70. The lowest BCUT2D eigenvalue weighted by Gasteiger charge is -2.20. The van der Waals surface area contributed by atoms with Crippen molar-refractivity contribution in [3.05, 3.63) is 22.0 Å². The van der Waals surface area contributed by atoms with Gasteiger partial charge in [0, 0.05) is 0 Å². The molecule has 0 aliphatic carbocycles. The molecular formula is C12H13ClF3NO3. The van der Waals surface area contributed by atoms with Gasteiger partial charge in [-0.25, -0.2) is 9.78 Å². The van der Waals surface area contributed by atoms with E-state index < -0.39 is 40.1 Å². The normalized spacial score (nSPS) is 11.7. The first-order chi connectivity index (χ1) is 9.15. The minimum Gasteiger partial charge on any atom is -0.494 e. The van der Waals surface area contributed by atoms with E-state index in [4.69, 9.17) is 16.3 Å². The Morgan fingerprint density at radius 2 is 1.85 bits per heavy atom. The highest BCUT2D eigenvalue weighted by Crippen LogP contribution is 2.44. The standard InChI is InChI=1S/C12H13ClF3NO3/c1-5(2)8-6(12(14,15)16)10(19-3)7(13)9(17-8)11(18)20-4/h5H,1-4H3. The molecule has 0 radical (unpaired) electrons. The topological polar surface area (TPSA) is 48.4 Å². The Labute approximate surface area is 118 Å². The zero-order chi connectivity index (χ0) is 15.7. The molecule has 8 heteroatoms. The smallest absolute Gasteiger partial charge is 0.421 e. The van der Waals surface area contributed by atoms with E-state index in [0.717, 1.165) is 14.2 Å². The average Bonchev–Trinajstić information content (AvgIpc) is 2.35. The van der Waals surface area contributed by atoms with Gasteiger partial charge in [0.15, 0.2) is 11.4 Å². The van der Waals surface area contributed by atoms with E-state index in [2.05, 4.69) is 9.72 Å². The SMILES string of the molecule is COC(=O)c1nc(C(C)C)c(C(F)(F)F)c(OC)c1Cl. The first-order valence-corrected chi connectivity index (χ1v) is 5.95. The number of halogens is 4. The molecule has 0 saturated carbocycles. The highest BCUT2D eigenvalue weighted by atomic mass is 35.5. The largest absolute Gasteiger partial charge is 0.494 e. The van der Waals surface area contributed by atoms with E-state index >= 15 is 0 Å². The summed E-state index contributed by atoms with van der Waals surface area (Å²) >= 11 is 5.78. The zero-order valence-corrected chi connectivity index (χ0v) is 12.0. The van der Waals surface area contributed by atoms with Gasteiger partial charge in [-0.2, -0.15) is 13.2 Å². The van der Waals surface area contributed by atoms with Crippen molar-refractivity contribution in [2.75, 3.05) is 14.2 Å². The van der Waals surface area contributed by atoms with Gasteiger partial charge in [-0.05, 0) is 5.92 Å².